The van der Waals surface area contributed by atoms with Crippen molar-refractivity contribution >= 4 is 41.1 Å². The second-order valence-electron chi connectivity index (χ2n) is 4.74. The van der Waals surface area contributed by atoms with Crippen LogP contribution in [0.15, 0.2) is 53.2 Å². The van der Waals surface area contributed by atoms with Gasteiger partial charge in [0.1, 0.15) is 5.75 Å². The molecule has 0 aliphatic carbocycles. The van der Waals surface area contributed by atoms with Crippen LogP contribution >= 0.6 is 23.2 Å². The van der Waals surface area contributed by atoms with Crippen molar-refractivity contribution < 1.29 is 14.3 Å². The lowest BCUT2D eigenvalue weighted by Crippen LogP contribution is -2.06. The lowest BCUT2D eigenvalue weighted by Gasteiger charge is -2.05. The molecule has 23 heavy (non-hydrogen) atoms. The van der Waals surface area contributed by atoms with Gasteiger partial charge in [0.15, 0.2) is 5.70 Å². The molecule has 0 saturated carbocycles. The Morgan fingerprint density at radius 3 is 2.70 bits per heavy atom. The summed E-state index contributed by atoms with van der Waals surface area (Å²) in [6, 6.07) is 12.1. The minimum absolute atomic E-state index is 0.163. The van der Waals surface area contributed by atoms with Gasteiger partial charge in [-0.3, -0.25) is 0 Å². The summed E-state index contributed by atoms with van der Waals surface area (Å²) in [5.41, 5.74) is 1.47. The molecule has 6 heteroatoms. The van der Waals surface area contributed by atoms with Crippen LogP contribution in [0.3, 0.4) is 0 Å². The number of carbonyl (C=O) groups is 1. The van der Waals surface area contributed by atoms with Crippen molar-refractivity contribution in [3.63, 3.8) is 0 Å². The van der Waals surface area contributed by atoms with Crippen LogP contribution in [0.4, 0.5) is 0 Å². The Kier molecular flexibility index (Phi) is 4.37. The Balaban J connectivity index is 1.95. The standard InChI is InChI=1S/C17H11Cl2NO3/c1-22-12-5-6-13(14(19)9-12)16-20-15(17(21)23-16)8-10-3-2-4-11(18)7-10/h2-9H,1H3/b15-8-. The van der Waals surface area contributed by atoms with E-state index in [2.05, 4.69) is 4.99 Å². The molecular weight excluding hydrogens is 337 g/mol. The summed E-state index contributed by atoms with van der Waals surface area (Å²) in [6.07, 6.45) is 1.61. The molecule has 0 aromatic heterocycles. The highest BCUT2D eigenvalue weighted by molar-refractivity contribution is 6.34. The smallest absolute Gasteiger partial charge is 0.363 e. The number of ether oxygens (including phenoxy) is 2. The molecule has 0 atom stereocenters. The third-order valence-electron chi connectivity index (χ3n) is 3.18. The third kappa shape index (κ3) is 3.38. The Hall–Kier alpha value is -2.30. The molecule has 1 aliphatic heterocycles. The minimum Gasteiger partial charge on any atom is -0.497 e. The van der Waals surface area contributed by atoms with Crippen molar-refractivity contribution in [2.45, 2.75) is 0 Å². The van der Waals surface area contributed by atoms with E-state index < -0.39 is 5.97 Å². The van der Waals surface area contributed by atoms with Gasteiger partial charge in [0.25, 0.3) is 0 Å². The zero-order valence-corrected chi connectivity index (χ0v) is 13.6. The fraction of sp³-hybridized carbons (Fsp3) is 0.0588. The van der Waals surface area contributed by atoms with E-state index in [9.17, 15) is 4.79 Å². The Bertz CT molecular complexity index is 843. The van der Waals surface area contributed by atoms with Gasteiger partial charge >= 0.3 is 5.97 Å². The molecule has 4 nitrogen and oxygen atoms in total. The fourth-order valence-electron chi connectivity index (χ4n) is 2.07. The molecule has 1 heterocycles. The van der Waals surface area contributed by atoms with Gasteiger partial charge in [-0.2, -0.15) is 0 Å². The van der Waals surface area contributed by atoms with E-state index in [0.717, 1.165) is 5.56 Å². The van der Waals surface area contributed by atoms with Gasteiger partial charge < -0.3 is 9.47 Å². The summed E-state index contributed by atoms with van der Waals surface area (Å²) in [5.74, 6) is 0.237. The molecule has 0 fully saturated rings. The van der Waals surface area contributed by atoms with Crippen molar-refractivity contribution in [2.24, 2.45) is 4.99 Å². The molecule has 2 aromatic carbocycles. The number of cyclic esters (lactones) is 1. The summed E-state index contributed by atoms with van der Waals surface area (Å²) in [5, 5.41) is 0.966. The van der Waals surface area contributed by atoms with E-state index in [1.807, 2.05) is 6.07 Å². The Morgan fingerprint density at radius 1 is 1.17 bits per heavy atom. The predicted octanol–water partition coefficient (Wildman–Crippen LogP) is 4.35. The van der Waals surface area contributed by atoms with Gasteiger partial charge in [-0.25, -0.2) is 9.79 Å². The maximum atomic E-state index is 12.0. The summed E-state index contributed by atoms with van der Waals surface area (Å²) in [6.45, 7) is 0. The highest BCUT2D eigenvalue weighted by Crippen LogP contribution is 2.27. The van der Waals surface area contributed by atoms with E-state index in [1.54, 1.807) is 49.6 Å². The van der Waals surface area contributed by atoms with Crippen molar-refractivity contribution in [3.8, 4) is 5.75 Å². The van der Waals surface area contributed by atoms with Crippen LogP contribution < -0.4 is 4.74 Å². The first-order valence-electron chi connectivity index (χ1n) is 6.69. The quantitative estimate of drug-likeness (QED) is 0.612. The van der Waals surface area contributed by atoms with Crippen LogP contribution in [0.2, 0.25) is 10.0 Å². The maximum absolute atomic E-state index is 12.0. The molecule has 2 aromatic rings. The number of hydrogen-bond donors (Lipinski definition) is 0. The van der Waals surface area contributed by atoms with Crippen molar-refractivity contribution in [1.29, 1.82) is 0 Å². The number of aliphatic imine (C=N–C) groups is 1. The van der Waals surface area contributed by atoms with Gasteiger partial charge in [0.05, 0.1) is 17.7 Å². The molecular formula is C17H11Cl2NO3. The lowest BCUT2D eigenvalue weighted by molar-refractivity contribution is -0.129. The number of rotatable bonds is 3. The highest BCUT2D eigenvalue weighted by Gasteiger charge is 2.25. The topological polar surface area (TPSA) is 47.9 Å². The number of carbonyl (C=O) groups excluding carboxylic acids is 1. The molecule has 0 unspecified atom stereocenters. The Morgan fingerprint density at radius 2 is 2.00 bits per heavy atom. The largest absolute Gasteiger partial charge is 0.497 e. The second-order valence-corrected chi connectivity index (χ2v) is 5.58. The SMILES string of the molecule is COc1ccc(C2=N/C(=C\c3cccc(Cl)c3)C(=O)O2)c(Cl)c1. The molecule has 0 saturated heterocycles. The molecule has 0 N–H and O–H groups in total. The number of esters is 1. The molecule has 0 spiro atoms. The van der Waals surface area contributed by atoms with Crippen LogP contribution in [0.5, 0.6) is 5.75 Å². The van der Waals surface area contributed by atoms with E-state index in [-0.39, 0.29) is 11.6 Å². The summed E-state index contributed by atoms with van der Waals surface area (Å²) >= 11 is 12.1. The normalized spacial score (nSPS) is 15.5. The van der Waals surface area contributed by atoms with E-state index in [1.165, 1.54) is 0 Å². The van der Waals surface area contributed by atoms with Crippen LogP contribution in [0.25, 0.3) is 6.08 Å². The van der Waals surface area contributed by atoms with Crippen LogP contribution in [0.1, 0.15) is 11.1 Å². The second kappa shape index (κ2) is 6.44. The lowest BCUT2D eigenvalue weighted by atomic mass is 10.2. The van der Waals surface area contributed by atoms with E-state index in [4.69, 9.17) is 32.7 Å². The number of methoxy groups -OCH3 is 1. The van der Waals surface area contributed by atoms with Crippen LogP contribution in [0, 0.1) is 0 Å². The first kappa shape index (κ1) is 15.6. The molecule has 0 bridgehead atoms. The number of benzene rings is 2. The molecule has 116 valence electrons. The van der Waals surface area contributed by atoms with Gasteiger partial charge in [0.2, 0.25) is 5.90 Å². The van der Waals surface area contributed by atoms with Gasteiger partial charge in [0, 0.05) is 5.02 Å². The van der Waals surface area contributed by atoms with Crippen LogP contribution in [-0.4, -0.2) is 19.0 Å². The number of nitrogens with zero attached hydrogens (tertiary/aromatic N) is 1. The summed E-state index contributed by atoms with van der Waals surface area (Å²) in [4.78, 5) is 16.2. The minimum atomic E-state index is -0.535. The Labute approximate surface area is 143 Å². The number of halogens is 2. The summed E-state index contributed by atoms with van der Waals surface area (Å²) in [7, 11) is 1.55. The highest BCUT2D eigenvalue weighted by atomic mass is 35.5. The molecule has 0 radical (unpaired) electrons. The molecule has 3 rings (SSSR count). The maximum Gasteiger partial charge on any atom is 0.363 e. The van der Waals surface area contributed by atoms with E-state index >= 15 is 0 Å². The van der Waals surface area contributed by atoms with Crippen LogP contribution in [-0.2, 0) is 9.53 Å². The van der Waals surface area contributed by atoms with Crippen molar-refractivity contribution in [1.82, 2.24) is 0 Å². The summed E-state index contributed by atoms with van der Waals surface area (Å²) < 4.78 is 10.3. The predicted molar refractivity (Wildman–Crippen MR) is 90.1 cm³/mol. The fourth-order valence-corrected chi connectivity index (χ4v) is 2.52. The third-order valence-corrected chi connectivity index (χ3v) is 3.73. The molecule has 1 aliphatic rings. The molecule has 0 amide bonds. The van der Waals surface area contributed by atoms with Gasteiger partial charge in [-0.15, -0.1) is 0 Å². The van der Waals surface area contributed by atoms with Gasteiger partial charge in [-0.05, 0) is 42.0 Å². The zero-order chi connectivity index (χ0) is 16.4. The zero-order valence-electron chi connectivity index (χ0n) is 12.0. The average molecular weight is 348 g/mol. The first-order chi connectivity index (χ1) is 11.1. The van der Waals surface area contributed by atoms with E-state index in [0.29, 0.717) is 21.4 Å². The monoisotopic (exact) mass is 347 g/mol. The first-order valence-corrected chi connectivity index (χ1v) is 7.44. The number of hydrogen-bond acceptors (Lipinski definition) is 4. The average Bonchev–Trinajstić information content (AvgIpc) is 2.88. The van der Waals surface area contributed by atoms with Crippen molar-refractivity contribution in [2.75, 3.05) is 7.11 Å². The van der Waals surface area contributed by atoms with Crippen molar-refractivity contribution in [3.05, 3.63) is 69.3 Å². The van der Waals surface area contributed by atoms with Gasteiger partial charge in [-0.1, -0.05) is 35.3 Å².